The smallest absolute Gasteiger partial charge is 0.188 e. The van der Waals surface area contributed by atoms with Crippen molar-refractivity contribution in [1.29, 1.82) is 0 Å². The van der Waals surface area contributed by atoms with Gasteiger partial charge in [0.2, 0.25) is 0 Å². The lowest BCUT2D eigenvalue weighted by Gasteiger charge is -2.22. The van der Waals surface area contributed by atoms with Crippen molar-refractivity contribution in [1.82, 2.24) is 0 Å². The molecular weight excluding hydrogens is 426 g/mol. The molecule has 0 unspecified atom stereocenters. The van der Waals surface area contributed by atoms with Crippen LogP contribution in [-0.2, 0) is 33.5 Å². The zero-order chi connectivity index (χ0) is 24.6. The lowest BCUT2D eigenvalue weighted by Crippen LogP contribution is -2.16. The van der Waals surface area contributed by atoms with Gasteiger partial charge in [-0.1, -0.05) is 27.7 Å². The zero-order valence-corrected chi connectivity index (χ0v) is 22.2. The molecule has 3 aliphatic rings. The third kappa shape index (κ3) is 5.16. The Morgan fingerprint density at radius 3 is 1.26 bits per heavy atom. The lowest BCUT2D eigenvalue weighted by atomic mass is 9.84. The molecule has 4 rings (SSSR count). The summed E-state index contributed by atoms with van der Waals surface area (Å²) >= 11 is 0. The highest BCUT2D eigenvalue weighted by Gasteiger charge is 2.28. The monoisotopic (exact) mass is 467 g/mol. The molecule has 0 saturated carbocycles. The van der Waals surface area contributed by atoms with E-state index in [9.17, 15) is 0 Å². The predicted octanol–water partition coefficient (Wildman–Crippen LogP) is 4.96. The Morgan fingerprint density at radius 1 is 0.618 bits per heavy atom. The SMILES string of the molecule is Cc1c(CC2=N[C@H](C)CO2)c(C)c(CC2=N[C@@H](C(C)C)CO2)c(C)c1CC1=N[C@@H](C(C)C)CO1. The fraction of sp³-hybridized carbons (Fsp3) is 0.679. The molecule has 0 bridgehead atoms. The van der Waals surface area contributed by atoms with Gasteiger partial charge in [0.05, 0.1) is 18.1 Å². The van der Waals surface area contributed by atoms with Crippen LogP contribution in [-0.4, -0.2) is 55.6 Å². The number of nitrogens with zero attached hydrogens (tertiary/aromatic N) is 3. The topological polar surface area (TPSA) is 64.8 Å². The van der Waals surface area contributed by atoms with Gasteiger partial charge in [0.25, 0.3) is 0 Å². The third-order valence-electron chi connectivity index (χ3n) is 7.56. The molecule has 34 heavy (non-hydrogen) atoms. The maximum absolute atomic E-state index is 6.03. The fourth-order valence-electron chi connectivity index (χ4n) is 5.03. The number of aliphatic imine (C=N–C) groups is 3. The number of ether oxygens (including phenoxy) is 3. The van der Waals surface area contributed by atoms with E-state index in [0.29, 0.717) is 50.9 Å². The minimum atomic E-state index is 0.225. The van der Waals surface area contributed by atoms with Gasteiger partial charge in [0, 0.05) is 19.3 Å². The first-order chi connectivity index (χ1) is 16.1. The molecule has 1 aromatic carbocycles. The van der Waals surface area contributed by atoms with Gasteiger partial charge in [-0.05, 0) is 72.9 Å². The first kappa shape index (κ1) is 24.7. The minimum Gasteiger partial charge on any atom is -0.478 e. The highest BCUT2D eigenvalue weighted by atomic mass is 16.5. The second-order valence-corrected chi connectivity index (χ2v) is 10.8. The quantitative estimate of drug-likeness (QED) is 0.543. The second-order valence-electron chi connectivity index (χ2n) is 10.8. The van der Waals surface area contributed by atoms with E-state index in [1.54, 1.807) is 0 Å². The van der Waals surface area contributed by atoms with Crippen molar-refractivity contribution >= 4 is 17.7 Å². The van der Waals surface area contributed by atoms with E-state index in [0.717, 1.165) is 17.7 Å². The summed E-state index contributed by atoms with van der Waals surface area (Å²) in [6, 6.07) is 0.720. The molecule has 186 valence electrons. The normalized spacial score (nSPS) is 24.2. The van der Waals surface area contributed by atoms with E-state index in [1.807, 2.05) is 0 Å². The van der Waals surface area contributed by atoms with Crippen LogP contribution in [0.15, 0.2) is 15.0 Å². The Balaban J connectivity index is 1.72. The third-order valence-corrected chi connectivity index (χ3v) is 7.56. The van der Waals surface area contributed by atoms with Crippen LogP contribution in [0.1, 0.15) is 68.0 Å². The molecule has 3 aliphatic heterocycles. The Hall–Kier alpha value is -2.37. The van der Waals surface area contributed by atoms with Crippen LogP contribution in [0.3, 0.4) is 0 Å². The highest BCUT2D eigenvalue weighted by Crippen LogP contribution is 2.31. The molecule has 0 aromatic heterocycles. The van der Waals surface area contributed by atoms with Crippen molar-refractivity contribution in [2.24, 2.45) is 26.8 Å². The molecule has 0 fully saturated rings. The van der Waals surface area contributed by atoms with Crippen LogP contribution in [0, 0.1) is 32.6 Å². The largest absolute Gasteiger partial charge is 0.478 e. The van der Waals surface area contributed by atoms with Crippen molar-refractivity contribution in [2.75, 3.05) is 19.8 Å². The molecule has 3 heterocycles. The molecule has 0 saturated heterocycles. The number of rotatable bonds is 8. The lowest BCUT2D eigenvalue weighted by molar-refractivity contribution is 0.287. The summed E-state index contributed by atoms with van der Waals surface area (Å²) in [5.41, 5.74) is 7.76. The van der Waals surface area contributed by atoms with Crippen LogP contribution >= 0.6 is 0 Å². The first-order valence-corrected chi connectivity index (χ1v) is 12.8. The molecule has 0 aliphatic carbocycles. The summed E-state index contributed by atoms with van der Waals surface area (Å²) in [7, 11) is 0. The number of hydrogen-bond acceptors (Lipinski definition) is 6. The van der Waals surface area contributed by atoms with Crippen molar-refractivity contribution in [3.05, 3.63) is 33.4 Å². The molecular formula is C28H41N3O3. The van der Waals surface area contributed by atoms with Gasteiger partial charge >= 0.3 is 0 Å². The summed E-state index contributed by atoms with van der Waals surface area (Å²) in [6.45, 7) is 19.6. The summed E-state index contributed by atoms with van der Waals surface area (Å²) in [6.07, 6.45) is 2.14. The van der Waals surface area contributed by atoms with Gasteiger partial charge in [0.1, 0.15) is 19.8 Å². The zero-order valence-electron chi connectivity index (χ0n) is 22.2. The van der Waals surface area contributed by atoms with Crippen LogP contribution < -0.4 is 0 Å². The predicted molar refractivity (Wildman–Crippen MR) is 139 cm³/mol. The Labute approximate surface area is 204 Å². The van der Waals surface area contributed by atoms with Crippen LogP contribution in [0.2, 0.25) is 0 Å². The highest BCUT2D eigenvalue weighted by molar-refractivity contribution is 5.85. The van der Waals surface area contributed by atoms with E-state index in [-0.39, 0.29) is 18.1 Å². The van der Waals surface area contributed by atoms with Crippen molar-refractivity contribution < 1.29 is 14.2 Å². The van der Waals surface area contributed by atoms with Crippen molar-refractivity contribution in [3.8, 4) is 0 Å². The summed E-state index contributed by atoms with van der Waals surface area (Å²) in [5.74, 6) is 3.50. The van der Waals surface area contributed by atoms with Gasteiger partial charge in [-0.3, -0.25) is 0 Å². The summed E-state index contributed by atoms with van der Waals surface area (Å²) in [4.78, 5) is 14.5. The average molecular weight is 468 g/mol. The van der Waals surface area contributed by atoms with Crippen molar-refractivity contribution in [3.63, 3.8) is 0 Å². The first-order valence-electron chi connectivity index (χ1n) is 12.8. The van der Waals surface area contributed by atoms with Gasteiger partial charge < -0.3 is 14.2 Å². The van der Waals surface area contributed by atoms with E-state index < -0.39 is 0 Å². The number of hydrogen-bond donors (Lipinski definition) is 0. The standard InChI is InChI=1S/C28H41N3O3/c1-15(2)24-13-33-27(30-24)10-22-18(6)21(9-26-29-17(5)12-32-26)19(7)23(20(22)8)11-28-31-25(14-34-28)16(3)4/h15-17,24-25H,9-14H2,1-8H3/t17-,24-,25-/m1/s1. The minimum absolute atomic E-state index is 0.225. The Morgan fingerprint density at radius 2 is 0.971 bits per heavy atom. The number of benzene rings is 1. The van der Waals surface area contributed by atoms with Gasteiger partial charge in [-0.25, -0.2) is 15.0 Å². The molecule has 6 heteroatoms. The second kappa shape index (κ2) is 10.1. The molecule has 3 atom stereocenters. The summed E-state index contributed by atoms with van der Waals surface area (Å²) in [5, 5.41) is 0. The van der Waals surface area contributed by atoms with Crippen LogP contribution in [0.5, 0.6) is 0 Å². The Kier molecular flexibility index (Phi) is 7.34. The summed E-state index contributed by atoms with van der Waals surface area (Å²) < 4.78 is 17.9. The molecule has 0 amide bonds. The van der Waals surface area contributed by atoms with Gasteiger partial charge in [0.15, 0.2) is 17.7 Å². The van der Waals surface area contributed by atoms with Gasteiger partial charge in [-0.2, -0.15) is 0 Å². The van der Waals surface area contributed by atoms with E-state index >= 15 is 0 Å². The molecule has 0 spiro atoms. The maximum atomic E-state index is 6.03. The van der Waals surface area contributed by atoms with E-state index in [4.69, 9.17) is 29.2 Å². The van der Waals surface area contributed by atoms with Crippen LogP contribution in [0.4, 0.5) is 0 Å². The molecule has 6 nitrogen and oxygen atoms in total. The van der Waals surface area contributed by atoms with Crippen LogP contribution in [0.25, 0.3) is 0 Å². The van der Waals surface area contributed by atoms with E-state index in [1.165, 1.54) is 33.4 Å². The van der Waals surface area contributed by atoms with Gasteiger partial charge in [-0.15, -0.1) is 0 Å². The molecule has 0 radical (unpaired) electrons. The molecule has 0 N–H and O–H groups in total. The average Bonchev–Trinajstić information content (AvgIpc) is 3.53. The van der Waals surface area contributed by atoms with Crippen molar-refractivity contribution in [2.45, 2.75) is 92.8 Å². The molecule has 1 aromatic rings. The van der Waals surface area contributed by atoms with E-state index in [2.05, 4.69) is 55.4 Å². The maximum Gasteiger partial charge on any atom is 0.188 e. The Bertz CT molecular complexity index is 959. The fourth-order valence-corrected chi connectivity index (χ4v) is 5.03.